The number of aromatic nitrogens is 2. The van der Waals surface area contributed by atoms with E-state index < -0.39 is 16.7 Å². The number of hydrogen-bond donors (Lipinski definition) is 0. The summed E-state index contributed by atoms with van der Waals surface area (Å²) in [5, 5.41) is 1.95. The second-order valence-corrected chi connectivity index (χ2v) is 10.4. The molecule has 7 heteroatoms. The number of pyridine rings is 4. The highest BCUT2D eigenvalue weighted by Gasteiger charge is 2.25. The van der Waals surface area contributed by atoms with Crippen LogP contribution in [0.2, 0.25) is 0 Å². The van der Waals surface area contributed by atoms with Crippen LogP contribution in [0.5, 0.6) is 0 Å². The topological polar surface area (TPSA) is 77.1 Å². The van der Waals surface area contributed by atoms with Crippen LogP contribution in [0.1, 0.15) is 0 Å². The second-order valence-electron chi connectivity index (χ2n) is 10.4. The number of para-hydroxylation sites is 4. The lowest BCUT2D eigenvalue weighted by Crippen LogP contribution is -2.18. The number of nitrogens with zero attached hydrogens (tertiary/aromatic N) is 2. The van der Waals surface area contributed by atoms with Gasteiger partial charge in [-0.1, -0.05) is 36.4 Å². The van der Waals surface area contributed by atoms with Crippen LogP contribution in [-0.2, 0) is 0 Å². The molecule has 0 N–H and O–H groups in total. The first-order valence-corrected chi connectivity index (χ1v) is 13.1. The zero-order chi connectivity index (χ0) is 27.7. The van der Waals surface area contributed by atoms with Gasteiger partial charge in [0.25, 0.3) is 0 Å². The van der Waals surface area contributed by atoms with Crippen LogP contribution in [0.4, 0.5) is 4.39 Å². The van der Waals surface area contributed by atoms with Crippen molar-refractivity contribution in [3.05, 3.63) is 138 Å². The van der Waals surface area contributed by atoms with Gasteiger partial charge in [0, 0.05) is 32.3 Å². The van der Waals surface area contributed by atoms with Crippen molar-refractivity contribution in [2.24, 2.45) is 0 Å². The average Bonchev–Trinajstić information content (AvgIpc) is 3.01. The van der Waals surface area contributed by atoms with Crippen LogP contribution in [0.25, 0.3) is 76.2 Å². The summed E-state index contributed by atoms with van der Waals surface area (Å²) in [5.74, 6) is -0.784. The van der Waals surface area contributed by atoms with Crippen molar-refractivity contribution in [3.63, 3.8) is 0 Å². The smallest absolute Gasteiger partial charge is 0.197 e. The van der Waals surface area contributed by atoms with Crippen molar-refractivity contribution >= 4 is 76.2 Å². The third-order valence-corrected chi connectivity index (χ3v) is 8.43. The lowest BCUT2D eigenvalue weighted by molar-refractivity contribution is 0.643. The molecular formula is C34H15FN2O4. The summed E-state index contributed by atoms with van der Waals surface area (Å²) in [6, 6.07) is 25.0. The third kappa shape index (κ3) is 2.47. The van der Waals surface area contributed by atoms with E-state index in [0.717, 1.165) is 0 Å². The predicted molar refractivity (Wildman–Crippen MR) is 161 cm³/mol. The maximum absolute atomic E-state index is 17.4. The van der Waals surface area contributed by atoms with Gasteiger partial charge in [-0.15, -0.1) is 0 Å². The molecular weight excluding hydrogens is 519 g/mol. The predicted octanol–water partition coefficient (Wildman–Crippen LogP) is 5.57. The highest BCUT2D eigenvalue weighted by Crippen LogP contribution is 2.34. The first-order chi connectivity index (χ1) is 20.0. The second kappa shape index (κ2) is 7.28. The van der Waals surface area contributed by atoms with E-state index in [2.05, 4.69) is 0 Å². The van der Waals surface area contributed by atoms with E-state index in [1.54, 1.807) is 93.7 Å². The zero-order valence-electron chi connectivity index (χ0n) is 21.1. The SMILES string of the molecule is O=c1c2ccccc2n2c3c(F)c4c(cc3c(=O)c3cccc1c32)c(=O)c1cccc2c(=O)c3ccccc3n4c21. The Labute approximate surface area is 227 Å². The molecule has 0 aliphatic heterocycles. The number of fused-ring (bicyclic) bond motifs is 8. The highest BCUT2D eigenvalue weighted by molar-refractivity contribution is 6.13. The summed E-state index contributed by atoms with van der Waals surface area (Å²) in [6.45, 7) is 0. The van der Waals surface area contributed by atoms with Crippen LogP contribution in [0.15, 0.2) is 110 Å². The van der Waals surface area contributed by atoms with Gasteiger partial charge in [0.1, 0.15) is 0 Å². The van der Waals surface area contributed by atoms with E-state index in [1.165, 1.54) is 6.07 Å². The largest absolute Gasteiger partial charge is 0.305 e. The van der Waals surface area contributed by atoms with Gasteiger partial charge in [-0.3, -0.25) is 19.2 Å². The molecule has 0 spiro atoms. The molecule has 0 unspecified atom stereocenters. The molecule has 4 heterocycles. The summed E-state index contributed by atoms with van der Waals surface area (Å²) in [6.07, 6.45) is 0. The van der Waals surface area contributed by atoms with Gasteiger partial charge in [-0.25, -0.2) is 4.39 Å². The van der Waals surface area contributed by atoms with Crippen molar-refractivity contribution in [2.75, 3.05) is 0 Å². The Morgan fingerprint density at radius 2 is 0.732 bits per heavy atom. The normalized spacial score (nSPS) is 12.4. The van der Waals surface area contributed by atoms with Crippen molar-refractivity contribution in [3.8, 4) is 0 Å². The first kappa shape index (κ1) is 22.2. The lowest BCUT2D eigenvalue weighted by atomic mass is 9.99. The van der Waals surface area contributed by atoms with E-state index in [0.29, 0.717) is 43.6 Å². The fraction of sp³-hybridized carbons (Fsp3) is 0. The fourth-order valence-electron chi connectivity index (χ4n) is 6.72. The molecule has 0 aliphatic rings. The summed E-state index contributed by atoms with van der Waals surface area (Å²) in [7, 11) is 0. The standard InChI is InChI=1S/C34H15FN2O4/c35-26-29-22(33(40)20-11-5-9-18-27(20)36(29)24-13-3-1-7-16(24)31(18)38)15-23-30(26)37-25-14-4-2-8-17(25)32(39)19-10-6-12-21(28(19)37)34(23)41/h1-15H. The van der Waals surface area contributed by atoms with Crippen molar-refractivity contribution in [1.29, 1.82) is 0 Å². The van der Waals surface area contributed by atoms with Gasteiger partial charge in [0.2, 0.25) is 0 Å². The van der Waals surface area contributed by atoms with Crippen molar-refractivity contribution < 1.29 is 4.39 Å². The molecule has 5 aromatic carbocycles. The Bertz CT molecular complexity index is 2710. The van der Waals surface area contributed by atoms with Gasteiger partial charge in [-0.2, -0.15) is 0 Å². The molecule has 41 heavy (non-hydrogen) atoms. The lowest BCUT2D eigenvalue weighted by Gasteiger charge is -2.18. The van der Waals surface area contributed by atoms with E-state index in [1.807, 2.05) is 0 Å². The molecule has 0 saturated carbocycles. The number of rotatable bonds is 0. The molecule has 0 fully saturated rings. The third-order valence-electron chi connectivity index (χ3n) is 8.43. The molecule has 0 bridgehead atoms. The minimum atomic E-state index is -0.784. The molecule has 0 aliphatic carbocycles. The van der Waals surface area contributed by atoms with Gasteiger partial charge in [0.05, 0.1) is 43.9 Å². The first-order valence-electron chi connectivity index (χ1n) is 13.1. The molecule has 0 atom stereocenters. The molecule has 0 radical (unpaired) electrons. The minimum absolute atomic E-state index is 0.0308. The average molecular weight is 535 g/mol. The van der Waals surface area contributed by atoms with Crippen LogP contribution in [0, 0.1) is 5.82 Å². The highest BCUT2D eigenvalue weighted by atomic mass is 19.1. The maximum atomic E-state index is 17.4. The molecule has 192 valence electrons. The quantitative estimate of drug-likeness (QED) is 0.188. The number of halogens is 1. The summed E-state index contributed by atoms with van der Waals surface area (Å²) < 4.78 is 20.6. The summed E-state index contributed by atoms with van der Waals surface area (Å²) in [5.41, 5.74) is 0.0432. The van der Waals surface area contributed by atoms with Crippen LogP contribution in [0.3, 0.4) is 0 Å². The van der Waals surface area contributed by atoms with E-state index in [-0.39, 0.29) is 43.4 Å². The van der Waals surface area contributed by atoms with Gasteiger partial charge in [0.15, 0.2) is 27.5 Å². The molecule has 9 rings (SSSR count). The Morgan fingerprint density at radius 3 is 1.15 bits per heavy atom. The van der Waals surface area contributed by atoms with Crippen LogP contribution >= 0.6 is 0 Å². The molecule has 0 amide bonds. The van der Waals surface area contributed by atoms with E-state index in [4.69, 9.17) is 0 Å². The maximum Gasteiger partial charge on any atom is 0.197 e. The van der Waals surface area contributed by atoms with Crippen molar-refractivity contribution in [1.82, 2.24) is 8.80 Å². The van der Waals surface area contributed by atoms with Gasteiger partial charge in [-0.05, 0) is 54.6 Å². The monoisotopic (exact) mass is 534 g/mol. The molecule has 6 nitrogen and oxygen atoms in total. The van der Waals surface area contributed by atoms with Crippen molar-refractivity contribution in [2.45, 2.75) is 0 Å². The fourth-order valence-corrected chi connectivity index (χ4v) is 6.72. The Hall–Kier alpha value is -5.69. The number of benzene rings is 5. The Balaban J connectivity index is 1.73. The van der Waals surface area contributed by atoms with Crippen LogP contribution < -0.4 is 21.7 Å². The Morgan fingerprint density at radius 1 is 0.390 bits per heavy atom. The van der Waals surface area contributed by atoms with Gasteiger partial charge >= 0.3 is 0 Å². The molecule has 9 aromatic rings. The molecule has 4 aromatic heterocycles. The van der Waals surface area contributed by atoms with Crippen LogP contribution in [-0.4, -0.2) is 8.80 Å². The molecule has 0 saturated heterocycles. The Kier molecular flexibility index (Phi) is 3.94. The minimum Gasteiger partial charge on any atom is -0.305 e. The number of hydrogen-bond acceptors (Lipinski definition) is 4. The zero-order valence-corrected chi connectivity index (χ0v) is 21.1. The van der Waals surface area contributed by atoms with E-state index >= 15 is 4.39 Å². The van der Waals surface area contributed by atoms with Gasteiger partial charge < -0.3 is 8.80 Å². The van der Waals surface area contributed by atoms with E-state index in [9.17, 15) is 19.2 Å². The summed E-state index contributed by atoms with van der Waals surface area (Å²) >= 11 is 0. The summed E-state index contributed by atoms with van der Waals surface area (Å²) in [4.78, 5) is 54.8.